The van der Waals surface area contributed by atoms with Crippen LogP contribution in [0.15, 0.2) is 78.9 Å². The summed E-state index contributed by atoms with van der Waals surface area (Å²) in [4.78, 5) is 28.7. The van der Waals surface area contributed by atoms with E-state index in [-0.39, 0.29) is 42.7 Å². The van der Waals surface area contributed by atoms with Crippen molar-refractivity contribution in [1.82, 2.24) is 9.80 Å². The zero-order valence-corrected chi connectivity index (χ0v) is 18.9. The van der Waals surface area contributed by atoms with Gasteiger partial charge in [0, 0.05) is 23.6 Å². The molecule has 0 unspecified atom stereocenters. The summed E-state index contributed by atoms with van der Waals surface area (Å²) in [5.74, 6) is 5.38. The number of urea groups is 1. The SMILES string of the molecule is O=C(Nc1ccccc1F)N1CC(=O)N2[C@@H](CO)[C@@H](c3ccc(C#Cc4ccccc4)cc3)[C@@H]2C1. The average molecular weight is 470 g/mol. The van der Waals surface area contributed by atoms with Gasteiger partial charge in [-0.05, 0) is 42.0 Å². The molecule has 0 bridgehead atoms. The van der Waals surface area contributed by atoms with Gasteiger partial charge in [0.05, 0.1) is 24.4 Å². The van der Waals surface area contributed by atoms with Crippen LogP contribution in [0, 0.1) is 17.7 Å². The van der Waals surface area contributed by atoms with E-state index in [2.05, 4.69) is 17.2 Å². The largest absolute Gasteiger partial charge is 0.394 e. The number of carbonyl (C=O) groups excluding carboxylic acids is 2. The fraction of sp³-hybridized carbons (Fsp3) is 0.214. The van der Waals surface area contributed by atoms with Gasteiger partial charge in [-0.3, -0.25) is 4.79 Å². The van der Waals surface area contributed by atoms with E-state index in [1.807, 2.05) is 54.6 Å². The second-order valence-corrected chi connectivity index (χ2v) is 8.67. The monoisotopic (exact) mass is 469 g/mol. The summed E-state index contributed by atoms with van der Waals surface area (Å²) < 4.78 is 14.0. The Balaban J connectivity index is 1.32. The highest BCUT2D eigenvalue weighted by molar-refractivity contribution is 5.94. The first kappa shape index (κ1) is 22.6. The number of benzene rings is 3. The number of amides is 3. The van der Waals surface area contributed by atoms with Crippen LogP contribution in [0.25, 0.3) is 0 Å². The average Bonchev–Trinajstić information content (AvgIpc) is 2.86. The first-order valence-electron chi connectivity index (χ1n) is 11.4. The third-order valence-corrected chi connectivity index (χ3v) is 6.58. The third kappa shape index (κ3) is 4.48. The quantitative estimate of drug-likeness (QED) is 0.578. The highest BCUT2D eigenvalue weighted by atomic mass is 19.1. The molecular weight excluding hydrogens is 445 g/mol. The third-order valence-electron chi connectivity index (χ3n) is 6.58. The maximum atomic E-state index is 14.0. The maximum Gasteiger partial charge on any atom is 0.322 e. The molecule has 2 aliphatic heterocycles. The van der Waals surface area contributed by atoms with Gasteiger partial charge in [-0.2, -0.15) is 0 Å². The van der Waals surface area contributed by atoms with Gasteiger partial charge >= 0.3 is 6.03 Å². The van der Waals surface area contributed by atoms with E-state index in [1.54, 1.807) is 17.0 Å². The Morgan fingerprint density at radius 1 is 0.971 bits per heavy atom. The molecular formula is C28H24FN3O3. The number of fused-ring (bicyclic) bond motifs is 1. The number of rotatable bonds is 3. The number of hydrogen-bond acceptors (Lipinski definition) is 3. The van der Waals surface area contributed by atoms with Crippen LogP contribution in [-0.2, 0) is 4.79 Å². The van der Waals surface area contributed by atoms with Crippen LogP contribution in [0.2, 0.25) is 0 Å². The predicted molar refractivity (Wildman–Crippen MR) is 130 cm³/mol. The molecule has 0 saturated carbocycles. The number of aliphatic hydroxyl groups is 1. The molecule has 3 aromatic carbocycles. The second kappa shape index (κ2) is 9.61. The van der Waals surface area contributed by atoms with Crippen LogP contribution in [0.5, 0.6) is 0 Å². The molecule has 3 amide bonds. The molecule has 2 aliphatic rings. The lowest BCUT2D eigenvalue weighted by atomic mass is 9.73. The van der Waals surface area contributed by atoms with Crippen molar-refractivity contribution in [2.24, 2.45) is 0 Å². The number of carbonyl (C=O) groups is 2. The molecule has 0 spiro atoms. The summed E-state index contributed by atoms with van der Waals surface area (Å²) in [6.45, 7) is 0.0146. The van der Waals surface area contributed by atoms with Crippen molar-refractivity contribution in [3.8, 4) is 11.8 Å². The number of anilines is 1. The van der Waals surface area contributed by atoms with E-state index < -0.39 is 11.8 Å². The molecule has 2 saturated heterocycles. The van der Waals surface area contributed by atoms with Gasteiger partial charge in [0.15, 0.2) is 0 Å². The maximum absolute atomic E-state index is 14.0. The number of halogens is 1. The number of nitrogens with zero attached hydrogens (tertiary/aromatic N) is 2. The summed E-state index contributed by atoms with van der Waals surface area (Å²) in [6.07, 6.45) is 0. The fourth-order valence-corrected chi connectivity index (χ4v) is 4.87. The van der Waals surface area contributed by atoms with Crippen LogP contribution in [-0.4, -0.2) is 58.6 Å². The molecule has 6 nitrogen and oxygen atoms in total. The fourth-order valence-electron chi connectivity index (χ4n) is 4.87. The van der Waals surface area contributed by atoms with Crippen molar-refractivity contribution in [2.45, 2.75) is 18.0 Å². The van der Waals surface area contributed by atoms with E-state index in [1.165, 1.54) is 17.0 Å². The van der Waals surface area contributed by atoms with E-state index in [9.17, 15) is 19.1 Å². The minimum absolute atomic E-state index is 0.0676. The molecule has 0 aliphatic carbocycles. The lowest BCUT2D eigenvalue weighted by Crippen LogP contribution is -2.73. The van der Waals surface area contributed by atoms with E-state index in [0.717, 1.165) is 16.7 Å². The summed E-state index contributed by atoms with van der Waals surface area (Å²) >= 11 is 0. The van der Waals surface area contributed by atoms with E-state index in [4.69, 9.17) is 0 Å². The molecule has 3 atom stereocenters. The Morgan fingerprint density at radius 3 is 2.31 bits per heavy atom. The Labute approximate surface area is 203 Å². The van der Waals surface area contributed by atoms with Crippen molar-refractivity contribution < 1.29 is 19.1 Å². The Bertz CT molecular complexity index is 1300. The minimum atomic E-state index is -0.539. The van der Waals surface area contributed by atoms with Crippen LogP contribution in [0.4, 0.5) is 14.9 Å². The van der Waals surface area contributed by atoms with Gasteiger partial charge in [-0.25, -0.2) is 9.18 Å². The molecule has 0 radical (unpaired) electrons. The molecule has 35 heavy (non-hydrogen) atoms. The molecule has 5 rings (SSSR count). The summed E-state index contributed by atoms with van der Waals surface area (Å²) in [6, 6.07) is 22.3. The van der Waals surface area contributed by atoms with Gasteiger partial charge in [-0.15, -0.1) is 0 Å². The van der Waals surface area contributed by atoms with Crippen LogP contribution >= 0.6 is 0 Å². The Hall–Kier alpha value is -4.15. The number of aliphatic hydroxyl groups excluding tert-OH is 1. The van der Waals surface area contributed by atoms with Gasteiger partial charge < -0.3 is 20.2 Å². The van der Waals surface area contributed by atoms with Crippen molar-refractivity contribution in [3.05, 3.63) is 101 Å². The first-order chi connectivity index (χ1) is 17.0. The van der Waals surface area contributed by atoms with E-state index in [0.29, 0.717) is 6.54 Å². The highest BCUT2D eigenvalue weighted by Crippen LogP contribution is 2.43. The van der Waals surface area contributed by atoms with Gasteiger partial charge in [-0.1, -0.05) is 54.3 Å². The van der Waals surface area contributed by atoms with Crippen LogP contribution in [0.3, 0.4) is 0 Å². The summed E-state index contributed by atoms with van der Waals surface area (Å²) in [7, 11) is 0. The van der Waals surface area contributed by atoms with Crippen LogP contribution < -0.4 is 5.32 Å². The lowest BCUT2D eigenvalue weighted by Gasteiger charge is -2.58. The first-order valence-corrected chi connectivity index (χ1v) is 11.4. The molecule has 7 heteroatoms. The number of hydrogen-bond donors (Lipinski definition) is 2. The smallest absolute Gasteiger partial charge is 0.322 e. The highest BCUT2D eigenvalue weighted by Gasteiger charge is 2.54. The van der Waals surface area contributed by atoms with Crippen molar-refractivity contribution in [2.75, 3.05) is 25.0 Å². The lowest BCUT2D eigenvalue weighted by molar-refractivity contribution is -0.159. The summed E-state index contributed by atoms with van der Waals surface area (Å²) in [5.41, 5.74) is 2.83. The van der Waals surface area contributed by atoms with E-state index >= 15 is 0 Å². The zero-order chi connectivity index (χ0) is 24.4. The van der Waals surface area contributed by atoms with Gasteiger partial charge in [0.25, 0.3) is 0 Å². The number of piperazine rings is 1. The molecule has 176 valence electrons. The molecule has 3 aromatic rings. The Kier molecular flexibility index (Phi) is 6.21. The number of para-hydroxylation sites is 1. The van der Waals surface area contributed by atoms with Crippen molar-refractivity contribution in [1.29, 1.82) is 0 Å². The standard InChI is InChI=1S/C28H24FN3O3/c29-22-8-4-5-9-23(22)30-28(35)31-16-24-27(25(18-33)32(24)26(34)17-31)21-14-12-20(13-15-21)11-10-19-6-2-1-3-7-19/h1-9,12-15,24-25,27,33H,16-18H2,(H,30,35)/t24-,25-,27-/m0/s1. The molecule has 0 aromatic heterocycles. The minimum Gasteiger partial charge on any atom is -0.394 e. The van der Waals surface area contributed by atoms with Gasteiger partial charge in [0.2, 0.25) is 5.91 Å². The topological polar surface area (TPSA) is 72.9 Å². The summed E-state index contributed by atoms with van der Waals surface area (Å²) in [5, 5.41) is 12.5. The van der Waals surface area contributed by atoms with Gasteiger partial charge in [0.1, 0.15) is 12.4 Å². The molecule has 2 N–H and O–H groups in total. The van der Waals surface area contributed by atoms with Crippen molar-refractivity contribution in [3.63, 3.8) is 0 Å². The molecule has 2 heterocycles. The van der Waals surface area contributed by atoms with Crippen LogP contribution in [0.1, 0.15) is 22.6 Å². The Morgan fingerprint density at radius 2 is 1.63 bits per heavy atom. The zero-order valence-electron chi connectivity index (χ0n) is 18.9. The number of nitrogens with one attached hydrogen (secondary N) is 1. The second-order valence-electron chi connectivity index (χ2n) is 8.67. The predicted octanol–water partition coefficient (Wildman–Crippen LogP) is 3.43. The molecule has 2 fully saturated rings. The van der Waals surface area contributed by atoms with Crippen molar-refractivity contribution >= 4 is 17.6 Å². The normalized spacial score (nSPS) is 20.9.